The molecule has 2 saturated heterocycles. The van der Waals surface area contributed by atoms with Crippen LogP contribution in [-0.4, -0.2) is 54.4 Å². The first-order chi connectivity index (χ1) is 11.4. The molecule has 0 radical (unpaired) electrons. The Kier molecular flexibility index (Phi) is 3.61. The maximum atomic E-state index is 11.8. The third-order valence-electron chi connectivity index (χ3n) is 4.50. The van der Waals surface area contributed by atoms with Gasteiger partial charge in [-0.3, -0.25) is 0 Å². The molecule has 2 fully saturated rings. The van der Waals surface area contributed by atoms with Crippen molar-refractivity contribution >= 4 is 39.5 Å². The van der Waals surface area contributed by atoms with Gasteiger partial charge < -0.3 is 10.1 Å². The van der Waals surface area contributed by atoms with Crippen LogP contribution in [0.25, 0.3) is 6.08 Å². The van der Waals surface area contributed by atoms with Gasteiger partial charge in [0, 0.05) is 11.1 Å². The highest BCUT2D eigenvalue weighted by Gasteiger charge is 2.47. The van der Waals surface area contributed by atoms with Crippen molar-refractivity contribution in [2.45, 2.75) is 25.1 Å². The molecule has 1 aromatic carbocycles. The highest BCUT2D eigenvalue weighted by atomic mass is 32.2. The average Bonchev–Trinajstić information content (AvgIpc) is 2.96. The summed E-state index contributed by atoms with van der Waals surface area (Å²) in [5, 5.41) is 9.58. The molecule has 0 bridgehead atoms. The Morgan fingerprint density at radius 2 is 2.17 bits per heavy atom. The first kappa shape index (κ1) is 15.6. The Labute approximate surface area is 146 Å². The van der Waals surface area contributed by atoms with Crippen LogP contribution < -0.4 is 10.1 Å². The van der Waals surface area contributed by atoms with Crippen molar-refractivity contribution in [1.82, 2.24) is 10.3 Å². The highest BCUT2D eigenvalue weighted by Crippen LogP contribution is 2.29. The van der Waals surface area contributed by atoms with E-state index in [-0.39, 0.29) is 29.7 Å². The van der Waals surface area contributed by atoms with Crippen LogP contribution in [0.5, 0.6) is 5.75 Å². The molecule has 3 heterocycles. The molecule has 8 heteroatoms. The first-order valence-electron chi connectivity index (χ1n) is 7.74. The molecule has 6 nitrogen and oxygen atoms in total. The monoisotopic (exact) mass is 363 g/mol. The number of ether oxygens (including phenoxy) is 1. The summed E-state index contributed by atoms with van der Waals surface area (Å²) in [6, 6.07) is 7.41. The number of para-hydroxylation sites is 1. The van der Waals surface area contributed by atoms with E-state index in [0.29, 0.717) is 5.11 Å². The van der Waals surface area contributed by atoms with Gasteiger partial charge in [0.05, 0.1) is 29.8 Å². The number of hydrogen-bond acceptors (Lipinski definition) is 5. The van der Waals surface area contributed by atoms with Crippen LogP contribution in [0.4, 0.5) is 0 Å². The van der Waals surface area contributed by atoms with Crippen molar-refractivity contribution in [2.75, 3.05) is 11.5 Å². The highest BCUT2D eigenvalue weighted by molar-refractivity contribution is 7.91. The predicted molar refractivity (Wildman–Crippen MR) is 96.8 cm³/mol. The van der Waals surface area contributed by atoms with E-state index in [1.165, 1.54) is 0 Å². The van der Waals surface area contributed by atoms with Gasteiger partial charge in [-0.1, -0.05) is 18.2 Å². The average molecular weight is 363 g/mol. The molecular formula is C16H17N3O3S2. The minimum atomic E-state index is -3.03. The molecule has 24 heavy (non-hydrogen) atoms. The fraction of sp³-hybridized carbons (Fsp3) is 0.375. The number of benzene rings is 1. The fourth-order valence-corrected chi connectivity index (χ4v) is 5.47. The predicted octanol–water partition coefficient (Wildman–Crippen LogP) is 1.19. The summed E-state index contributed by atoms with van der Waals surface area (Å²) in [6.07, 6.45) is 3.61. The zero-order chi connectivity index (χ0) is 16.9. The second-order valence-corrected chi connectivity index (χ2v) is 8.77. The Bertz CT molecular complexity index is 863. The van der Waals surface area contributed by atoms with Gasteiger partial charge in [-0.2, -0.15) is 5.10 Å². The number of hydrogen-bond donors (Lipinski definition) is 1. The smallest absolute Gasteiger partial charge is 0.190 e. The summed E-state index contributed by atoms with van der Waals surface area (Å²) in [5.74, 6) is 1.04. The SMILES string of the molecule is C[C@@H]1Oc2ccccc2C=C1/C=N\N1C(=S)N[C@@H]2CS(=O)(=O)C[C@H]21. The van der Waals surface area contributed by atoms with Crippen molar-refractivity contribution in [3.8, 4) is 5.75 Å². The molecule has 1 aromatic rings. The molecule has 3 atom stereocenters. The molecule has 4 rings (SSSR count). The van der Waals surface area contributed by atoms with Crippen LogP contribution in [0.3, 0.4) is 0 Å². The number of nitrogens with zero attached hydrogens (tertiary/aromatic N) is 2. The minimum Gasteiger partial charge on any atom is -0.485 e. The van der Waals surface area contributed by atoms with E-state index in [4.69, 9.17) is 17.0 Å². The number of rotatable bonds is 2. The van der Waals surface area contributed by atoms with Crippen LogP contribution in [0.2, 0.25) is 0 Å². The normalized spacial score (nSPS) is 30.5. The maximum Gasteiger partial charge on any atom is 0.190 e. The number of thiocarbonyl (C=S) groups is 1. The summed E-state index contributed by atoms with van der Waals surface area (Å²) in [6.45, 7) is 1.96. The van der Waals surface area contributed by atoms with Crippen molar-refractivity contribution in [1.29, 1.82) is 0 Å². The third-order valence-corrected chi connectivity index (χ3v) is 6.52. The Morgan fingerprint density at radius 3 is 3.00 bits per heavy atom. The van der Waals surface area contributed by atoms with Gasteiger partial charge in [-0.15, -0.1) is 0 Å². The summed E-state index contributed by atoms with van der Waals surface area (Å²) < 4.78 is 29.5. The minimum absolute atomic E-state index is 0.0794. The Morgan fingerprint density at radius 1 is 1.38 bits per heavy atom. The van der Waals surface area contributed by atoms with Gasteiger partial charge in [0.2, 0.25) is 0 Å². The number of fused-ring (bicyclic) bond motifs is 2. The van der Waals surface area contributed by atoms with Crippen LogP contribution in [-0.2, 0) is 9.84 Å². The molecule has 3 aliphatic rings. The molecule has 0 amide bonds. The second kappa shape index (κ2) is 5.56. The fourth-order valence-electron chi connectivity index (χ4n) is 3.25. The van der Waals surface area contributed by atoms with Crippen LogP contribution in [0.15, 0.2) is 34.9 Å². The second-order valence-electron chi connectivity index (χ2n) is 6.23. The lowest BCUT2D eigenvalue weighted by Gasteiger charge is -2.23. The van der Waals surface area contributed by atoms with Crippen LogP contribution >= 0.6 is 12.2 Å². The van der Waals surface area contributed by atoms with Crippen molar-refractivity contribution in [2.24, 2.45) is 5.10 Å². The number of nitrogens with one attached hydrogen (secondary N) is 1. The maximum absolute atomic E-state index is 11.8. The summed E-state index contributed by atoms with van der Waals surface area (Å²) >= 11 is 5.28. The van der Waals surface area contributed by atoms with E-state index in [2.05, 4.69) is 10.4 Å². The molecule has 0 unspecified atom stereocenters. The number of sulfone groups is 1. The zero-order valence-electron chi connectivity index (χ0n) is 13.0. The van der Waals surface area contributed by atoms with Crippen molar-refractivity contribution in [3.63, 3.8) is 0 Å². The standard InChI is InChI=1S/C16H17N3O3S2/c1-10-12(6-11-4-2-3-5-15(11)22-10)7-17-19-14-9-24(20,21)8-13(14)18-16(19)23/h2-7,10,13-14H,8-9H2,1H3,(H,18,23)/b17-7-/t10-,13+,14+/m0/s1. The van der Waals surface area contributed by atoms with E-state index in [9.17, 15) is 8.42 Å². The van der Waals surface area contributed by atoms with E-state index in [1.54, 1.807) is 11.2 Å². The molecule has 0 saturated carbocycles. The molecule has 126 valence electrons. The van der Waals surface area contributed by atoms with E-state index in [0.717, 1.165) is 16.9 Å². The molecule has 1 N–H and O–H groups in total. The lowest BCUT2D eigenvalue weighted by atomic mass is 10.0. The van der Waals surface area contributed by atoms with Crippen LogP contribution in [0, 0.1) is 0 Å². The van der Waals surface area contributed by atoms with E-state index >= 15 is 0 Å². The number of hydrazone groups is 1. The lowest BCUT2D eigenvalue weighted by Crippen LogP contribution is -2.33. The van der Waals surface area contributed by atoms with Gasteiger partial charge in [0.15, 0.2) is 14.9 Å². The van der Waals surface area contributed by atoms with E-state index < -0.39 is 9.84 Å². The summed E-state index contributed by atoms with van der Waals surface area (Å²) in [5.41, 5.74) is 1.92. The first-order valence-corrected chi connectivity index (χ1v) is 9.97. The van der Waals surface area contributed by atoms with Crippen molar-refractivity contribution < 1.29 is 13.2 Å². The molecule has 0 aromatic heterocycles. The molecule has 0 spiro atoms. The Hall–Kier alpha value is -1.93. The third kappa shape index (κ3) is 2.69. The van der Waals surface area contributed by atoms with Gasteiger partial charge in [-0.05, 0) is 31.3 Å². The van der Waals surface area contributed by atoms with E-state index in [1.807, 2.05) is 37.3 Å². The zero-order valence-corrected chi connectivity index (χ0v) is 14.7. The van der Waals surface area contributed by atoms with Gasteiger partial charge in [0.1, 0.15) is 11.9 Å². The molecule has 3 aliphatic heterocycles. The summed E-state index contributed by atoms with van der Waals surface area (Å²) in [4.78, 5) is 0. The molecule has 0 aliphatic carbocycles. The van der Waals surface area contributed by atoms with Crippen molar-refractivity contribution in [3.05, 3.63) is 35.4 Å². The summed E-state index contributed by atoms with van der Waals surface area (Å²) in [7, 11) is -3.03. The molecular weight excluding hydrogens is 346 g/mol. The van der Waals surface area contributed by atoms with Gasteiger partial charge in [0.25, 0.3) is 0 Å². The van der Waals surface area contributed by atoms with Crippen LogP contribution in [0.1, 0.15) is 12.5 Å². The Balaban J connectivity index is 1.59. The van der Waals surface area contributed by atoms with Gasteiger partial charge in [-0.25, -0.2) is 13.4 Å². The van der Waals surface area contributed by atoms with Gasteiger partial charge >= 0.3 is 0 Å². The topological polar surface area (TPSA) is 71.0 Å². The lowest BCUT2D eigenvalue weighted by molar-refractivity contribution is 0.260. The largest absolute Gasteiger partial charge is 0.485 e. The quantitative estimate of drug-likeness (QED) is 0.629.